The fourth-order valence-corrected chi connectivity index (χ4v) is 5.16. The highest BCUT2D eigenvalue weighted by atomic mass is 35.5. The summed E-state index contributed by atoms with van der Waals surface area (Å²) in [5.41, 5.74) is 12.1. The summed E-state index contributed by atoms with van der Waals surface area (Å²) in [7, 11) is 1.51. The normalized spacial score (nSPS) is 14.3. The highest BCUT2D eigenvalue weighted by Gasteiger charge is 2.37. The molecule has 0 bridgehead atoms. The van der Waals surface area contributed by atoms with Gasteiger partial charge in [-0.2, -0.15) is 4.37 Å². The molecular formula is C25H26ClN5O4S. The van der Waals surface area contributed by atoms with E-state index in [0.29, 0.717) is 22.0 Å². The van der Waals surface area contributed by atoms with Gasteiger partial charge in [-0.3, -0.25) is 19.3 Å². The van der Waals surface area contributed by atoms with E-state index in [1.165, 1.54) is 12.0 Å². The van der Waals surface area contributed by atoms with E-state index in [-0.39, 0.29) is 28.2 Å². The zero-order valence-electron chi connectivity index (χ0n) is 19.6. The van der Waals surface area contributed by atoms with Gasteiger partial charge in [-0.25, -0.2) is 0 Å². The van der Waals surface area contributed by atoms with Gasteiger partial charge < -0.3 is 21.5 Å². The maximum absolute atomic E-state index is 14.0. The molecule has 0 saturated heterocycles. The molecule has 0 radical (unpaired) electrons. The Morgan fingerprint density at radius 2 is 1.86 bits per heavy atom. The van der Waals surface area contributed by atoms with E-state index < -0.39 is 17.9 Å². The molecule has 3 amide bonds. The van der Waals surface area contributed by atoms with E-state index in [1.807, 2.05) is 0 Å². The number of nitrogen functional groups attached to an aromatic ring is 1. The number of carbonyl (C=O) groups excluding carboxylic acids is 3. The van der Waals surface area contributed by atoms with Crippen LogP contribution in [-0.4, -0.2) is 35.2 Å². The van der Waals surface area contributed by atoms with Crippen molar-refractivity contribution in [2.45, 2.75) is 37.8 Å². The average Bonchev–Trinajstić information content (AvgIpc) is 3.52. The molecule has 3 aromatic rings. The summed E-state index contributed by atoms with van der Waals surface area (Å²) in [4.78, 5) is 40.9. The smallest absolute Gasteiger partial charge is 0.273 e. The number of nitrogens with two attached hydrogens (primary N) is 2. The second-order valence-electron chi connectivity index (χ2n) is 8.46. The number of hydrogen-bond donors (Lipinski definition) is 3. The maximum Gasteiger partial charge on any atom is 0.273 e. The van der Waals surface area contributed by atoms with Crippen LogP contribution in [0.15, 0.2) is 48.5 Å². The van der Waals surface area contributed by atoms with Crippen LogP contribution < -0.4 is 26.4 Å². The first kappa shape index (κ1) is 25.5. The number of halogens is 1. The number of amides is 3. The molecule has 1 fully saturated rings. The van der Waals surface area contributed by atoms with Gasteiger partial charge in [0.05, 0.1) is 12.8 Å². The molecule has 2 aromatic carbocycles. The summed E-state index contributed by atoms with van der Waals surface area (Å²) in [5.74, 6) is -1.30. The summed E-state index contributed by atoms with van der Waals surface area (Å²) in [6.45, 7) is 0. The molecule has 9 nitrogen and oxygen atoms in total. The van der Waals surface area contributed by atoms with Crippen molar-refractivity contribution in [1.29, 1.82) is 0 Å². The molecule has 1 aromatic heterocycles. The van der Waals surface area contributed by atoms with Crippen molar-refractivity contribution in [1.82, 2.24) is 9.69 Å². The molecule has 1 saturated carbocycles. The molecule has 11 heteroatoms. The number of aromatic nitrogens is 1. The van der Waals surface area contributed by atoms with Gasteiger partial charge >= 0.3 is 0 Å². The van der Waals surface area contributed by atoms with Gasteiger partial charge in [0.2, 0.25) is 5.91 Å². The lowest BCUT2D eigenvalue weighted by Crippen LogP contribution is -2.46. The third-order valence-electron chi connectivity index (χ3n) is 6.10. The van der Waals surface area contributed by atoms with Crippen molar-refractivity contribution >= 4 is 52.2 Å². The molecule has 1 atom stereocenters. The largest absolute Gasteiger partial charge is 0.497 e. The van der Waals surface area contributed by atoms with Crippen LogP contribution in [0.1, 0.15) is 57.4 Å². The van der Waals surface area contributed by atoms with Gasteiger partial charge in [-0.1, -0.05) is 42.6 Å². The Kier molecular flexibility index (Phi) is 7.76. The molecular weight excluding hydrogens is 502 g/mol. The Bertz CT molecular complexity index is 1270. The van der Waals surface area contributed by atoms with E-state index in [1.54, 1.807) is 48.5 Å². The number of anilines is 2. The predicted octanol–water partition coefficient (Wildman–Crippen LogP) is 3.93. The number of nitrogens with zero attached hydrogens (tertiary/aromatic N) is 2. The molecule has 1 aliphatic rings. The monoisotopic (exact) mass is 527 g/mol. The second kappa shape index (κ2) is 11.0. The van der Waals surface area contributed by atoms with Crippen LogP contribution in [0.4, 0.5) is 11.4 Å². The summed E-state index contributed by atoms with van der Waals surface area (Å²) in [5, 5.41) is 3.59. The first-order valence-corrected chi connectivity index (χ1v) is 12.5. The second-order valence-corrected chi connectivity index (χ2v) is 9.67. The Balaban J connectivity index is 1.86. The fraction of sp³-hybridized carbons (Fsp3) is 0.280. The first-order chi connectivity index (χ1) is 17.3. The third-order valence-corrected chi connectivity index (χ3v) is 7.20. The Morgan fingerprint density at radius 1 is 1.17 bits per heavy atom. The van der Waals surface area contributed by atoms with Gasteiger partial charge in [0, 0.05) is 22.8 Å². The molecule has 0 unspecified atom stereocenters. The quantitative estimate of drug-likeness (QED) is 0.405. The lowest BCUT2D eigenvalue weighted by atomic mass is 10.0. The number of benzene rings is 2. The van der Waals surface area contributed by atoms with Crippen LogP contribution in [0.5, 0.6) is 5.75 Å². The molecule has 0 aliphatic heterocycles. The SMILES string of the molecule is COc1cccc(N(C(=O)c2snc(C(N)=O)c2N)[C@H](C(=O)NC2CCCC2)c2ccc(Cl)cc2)c1. The summed E-state index contributed by atoms with van der Waals surface area (Å²) in [6.07, 6.45) is 3.80. The summed E-state index contributed by atoms with van der Waals surface area (Å²) in [6, 6.07) is 12.5. The standard InChI is InChI=1S/C25H26ClN5O4S/c1-35-18-8-4-7-17(13-18)31(25(34)22-19(27)20(23(28)32)30-36-22)21(14-9-11-15(26)12-10-14)24(33)29-16-5-2-3-6-16/h4,7-13,16,21H,2-3,5-6,27H2,1H3,(H2,28,32)(H,29,33)/t21-/m0/s1. The molecule has 1 heterocycles. The molecule has 188 valence electrons. The van der Waals surface area contributed by atoms with Crippen LogP contribution in [0.25, 0.3) is 0 Å². The first-order valence-electron chi connectivity index (χ1n) is 11.4. The minimum atomic E-state index is -1.07. The number of ether oxygens (including phenoxy) is 1. The zero-order chi connectivity index (χ0) is 25.8. The average molecular weight is 528 g/mol. The zero-order valence-corrected chi connectivity index (χ0v) is 21.1. The van der Waals surface area contributed by atoms with Gasteiger partial charge in [0.25, 0.3) is 11.8 Å². The van der Waals surface area contributed by atoms with Crippen molar-refractivity contribution in [3.63, 3.8) is 0 Å². The number of hydrogen-bond acceptors (Lipinski definition) is 7. The third kappa shape index (κ3) is 5.29. The van der Waals surface area contributed by atoms with E-state index in [4.69, 9.17) is 27.8 Å². The molecule has 5 N–H and O–H groups in total. The van der Waals surface area contributed by atoms with Crippen molar-refractivity contribution < 1.29 is 19.1 Å². The number of methoxy groups -OCH3 is 1. The van der Waals surface area contributed by atoms with Gasteiger partial charge in [0.1, 0.15) is 16.7 Å². The van der Waals surface area contributed by atoms with E-state index >= 15 is 0 Å². The Labute approximate surface area is 217 Å². The van der Waals surface area contributed by atoms with E-state index in [0.717, 1.165) is 37.2 Å². The van der Waals surface area contributed by atoms with Crippen LogP contribution in [-0.2, 0) is 4.79 Å². The van der Waals surface area contributed by atoms with Crippen LogP contribution >= 0.6 is 23.1 Å². The van der Waals surface area contributed by atoms with Crippen molar-refractivity contribution in [3.05, 3.63) is 69.7 Å². The number of rotatable bonds is 8. The maximum atomic E-state index is 14.0. The Morgan fingerprint density at radius 3 is 2.47 bits per heavy atom. The van der Waals surface area contributed by atoms with Crippen molar-refractivity contribution in [3.8, 4) is 5.75 Å². The van der Waals surface area contributed by atoms with Crippen molar-refractivity contribution in [2.24, 2.45) is 5.73 Å². The number of primary amides is 1. The van der Waals surface area contributed by atoms with Crippen LogP contribution in [0.3, 0.4) is 0 Å². The lowest BCUT2D eigenvalue weighted by Gasteiger charge is -2.32. The van der Waals surface area contributed by atoms with Crippen LogP contribution in [0.2, 0.25) is 5.02 Å². The van der Waals surface area contributed by atoms with Gasteiger partial charge in [0.15, 0.2) is 5.69 Å². The molecule has 1 aliphatic carbocycles. The minimum absolute atomic E-state index is 0.000695. The number of carbonyl (C=O) groups is 3. The predicted molar refractivity (Wildman–Crippen MR) is 139 cm³/mol. The number of nitrogens with one attached hydrogen (secondary N) is 1. The molecule has 4 rings (SSSR count). The van der Waals surface area contributed by atoms with E-state index in [9.17, 15) is 14.4 Å². The Hall–Kier alpha value is -3.63. The molecule has 36 heavy (non-hydrogen) atoms. The van der Waals surface area contributed by atoms with Crippen LogP contribution in [0, 0.1) is 0 Å². The van der Waals surface area contributed by atoms with Gasteiger partial charge in [-0.05, 0) is 54.2 Å². The topological polar surface area (TPSA) is 141 Å². The highest BCUT2D eigenvalue weighted by molar-refractivity contribution is 7.09. The van der Waals surface area contributed by atoms with Crippen molar-refractivity contribution in [2.75, 3.05) is 17.7 Å². The van der Waals surface area contributed by atoms with E-state index in [2.05, 4.69) is 9.69 Å². The summed E-state index contributed by atoms with van der Waals surface area (Å²) < 4.78 is 9.34. The lowest BCUT2D eigenvalue weighted by molar-refractivity contribution is -0.123. The summed E-state index contributed by atoms with van der Waals surface area (Å²) >= 11 is 6.87. The highest BCUT2D eigenvalue weighted by Crippen LogP contribution is 2.35. The fourth-order valence-electron chi connectivity index (χ4n) is 4.30. The minimum Gasteiger partial charge on any atom is -0.497 e. The van der Waals surface area contributed by atoms with Gasteiger partial charge in [-0.15, -0.1) is 0 Å². The molecule has 0 spiro atoms.